The molecule has 0 amide bonds. The molecule has 1 rings (SSSR count). The van der Waals surface area contributed by atoms with Gasteiger partial charge in [-0.2, -0.15) is 0 Å². The van der Waals surface area contributed by atoms with Gasteiger partial charge in [-0.1, -0.05) is 19.1 Å². The van der Waals surface area contributed by atoms with E-state index in [-0.39, 0.29) is 23.5 Å². The Labute approximate surface area is 81.8 Å². The first-order valence-corrected chi connectivity index (χ1v) is 4.55. The van der Waals surface area contributed by atoms with Gasteiger partial charge in [-0.15, -0.1) is 0 Å². The van der Waals surface area contributed by atoms with E-state index in [1.807, 2.05) is 0 Å². The second-order valence-corrected chi connectivity index (χ2v) is 3.63. The van der Waals surface area contributed by atoms with Crippen LogP contribution in [0.5, 0.6) is 0 Å². The topological polar surface area (TPSA) is 0 Å². The van der Waals surface area contributed by atoms with Crippen LogP contribution in [0.1, 0.15) is 18.1 Å². The lowest BCUT2D eigenvalue weighted by molar-refractivity contribution is 0.375. The van der Waals surface area contributed by atoms with E-state index in [0.29, 0.717) is 0 Å². The SMILES string of the molecule is Cc1ccc(CC(C)CF)c(F)c1F. The molecule has 3 heteroatoms. The van der Waals surface area contributed by atoms with Crippen molar-refractivity contribution in [2.75, 3.05) is 6.67 Å². The normalized spacial score (nSPS) is 12.9. The standard InChI is InChI=1S/C11H13F3/c1-7(6-12)5-9-4-3-8(2)10(13)11(9)14/h3-4,7H,5-6H2,1-2H3. The minimum Gasteiger partial charge on any atom is -0.251 e. The van der Waals surface area contributed by atoms with Crippen LogP contribution in [0.4, 0.5) is 13.2 Å². The van der Waals surface area contributed by atoms with Crippen LogP contribution in [0, 0.1) is 24.5 Å². The molecule has 0 aliphatic carbocycles. The minimum atomic E-state index is -0.842. The third kappa shape index (κ3) is 2.28. The van der Waals surface area contributed by atoms with Crippen molar-refractivity contribution in [3.05, 3.63) is 34.9 Å². The first-order chi connectivity index (χ1) is 6.56. The molecule has 0 saturated heterocycles. The molecule has 1 aromatic rings. The number of rotatable bonds is 3. The summed E-state index contributed by atoms with van der Waals surface area (Å²) in [4.78, 5) is 0. The van der Waals surface area contributed by atoms with Crippen molar-refractivity contribution in [3.8, 4) is 0 Å². The summed E-state index contributed by atoms with van der Waals surface area (Å²) >= 11 is 0. The summed E-state index contributed by atoms with van der Waals surface area (Å²) in [7, 11) is 0. The summed E-state index contributed by atoms with van der Waals surface area (Å²) in [6.07, 6.45) is 0.236. The van der Waals surface area contributed by atoms with E-state index < -0.39 is 18.3 Å². The van der Waals surface area contributed by atoms with Gasteiger partial charge >= 0.3 is 0 Å². The lowest BCUT2D eigenvalue weighted by Gasteiger charge is -2.09. The van der Waals surface area contributed by atoms with Gasteiger partial charge in [0.15, 0.2) is 11.6 Å². The molecule has 0 heterocycles. The smallest absolute Gasteiger partial charge is 0.162 e. The third-order valence-corrected chi connectivity index (χ3v) is 2.19. The Morgan fingerprint density at radius 3 is 2.43 bits per heavy atom. The zero-order valence-electron chi connectivity index (χ0n) is 8.28. The number of aryl methyl sites for hydroxylation is 1. The van der Waals surface area contributed by atoms with Gasteiger partial charge in [0.2, 0.25) is 0 Å². The molecule has 0 N–H and O–H groups in total. The predicted octanol–water partition coefficient (Wildman–Crippen LogP) is 3.42. The fourth-order valence-corrected chi connectivity index (χ4v) is 1.27. The summed E-state index contributed by atoms with van der Waals surface area (Å²) in [5.74, 6) is -1.94. The molecule has 0 saturated carbocycles. The van der Waals surface area contributed by atoms with E-state index in [9.17, 15) is 13.2 Å². The summed E-state index contributed by atoms with van der Waals surface area (Å²) in [5.41, 5.74) is 0.525. The highest BCUT2D eigenvalue weighted by molar-refractivity contribution is 5.25. The van der Waals surface area contributed by atoms with Crippen LogP contribution >= 0.6 is 0 Å². The number of halogens is 3. The Balaban J connectivity index is 2.94. The first kappa shape index (κ1) is 11.1. The molecule has 0 spiro atoms. The van der Waals surface area contributed by atoms with Crippen molar-refractivity contribution in [1.82, 2.24) is 0 Å². The maximum absolute atomic E-state index is 13.3. The number of hydrogen-bond donors (Lipinski definition) is 0. The van der Waals surface area contributed by atoms with Crippen LogP contribution in [0.25, 0.3) is 0 Å². The Bertz CT molecular complexity index is 321. The highest BCUT2D eigenvalue weighted by Gasteiger charge is 2.13. The predicted molar refractivity (Wildman–Crippen MR) is 49.9 cm³/mol. The highest BCUT2D eigenvalue weighted by atomic mass is 19.2. The van der Waals surface area contributed by atoms with Gasteiger partial charge in [0.05, 0.1) is 6.67 Å². The van der Waals surface area contributed by atoms with E-state index in [4.69, 9.17) is 0 Å². The van der Waals surface area contributed by atoms with Crippen LogP contribution in [0.2, 0.25) is 0 Å². The van der Waals surface area contributed by atoms with Crippen molar-refractivity contribution in [2.45, 2.75) is 20.3 Å². The average molecular weight is 202 g/mol. The van der Waals surface area contributed by atoms with Crippen LogP contribution < -0.4 is 0 Å². The third-order valence-electron chi connectivity index (χ3n) is 2.19. The van der Waals surface area contributed by atoms with Crippen molar-refractivity contribution >= 4 is 0 Å². The molecule has 14 heavy (non-hydrogen) atoms. The molecule has 1 unspecified atom stereocenters. The van der Waals surface area contributed by atoms with E-state index in [2.05, 4.69) is 0 Å². The van der Waals surface area contributed by atoms with Crippen LogP contribution in [-0.2, 0) is 6.42 Å². The summed E-state index contributed by atoms with van der Waals surface area (Å²) < 4.78 is 38.5. The molecule has 78 valence electrons. The molecule has 0 nitrogen and oxygen atoms in total. The molecule has 0 aliphatic heterocycles. The summed E-state index contributed by atoms with van der Waals surface area (Å²) in [6.45, 7) is 2.65. The average Bonchev–Trinajstić information content (AvgIpc) is 2.19. The first-order valence-electron chi connectivity index (χ1n) is 4.55. The van der Waals surface area contributed by atoms with Crippen LogP contribution in [0.15, 0.2) is 12.1 Å². The van der Waals surface area contributed by atoms with E-state index >= 15 is 0 Å². The largest absolute Gasteiger partial charge is 0.251 e. The van der Waals surface area contributed by atoms with Gasteiger partial charge < -0.3 is 0 Å². The minimum absolute atomic E-state index is 0.236. The maximum Gasteiger partial charge on any atom is 0.162 e. The number of alkyl halides is 1. The van der Waals surface area contributed by atoms with Gasteiger partial charge in [0.25, 0.3) is 0 Å². The fraction of sp³-hybridized carbons (Fsp3) is 0.455. The van der Waals surface area contributed by atoms with Crippen molar-refractivity contribution < 1.29 is 13.2 Å². The van der Waals surface area contributed by atoms with Crippen molar-refractivity contribution in [1.29, 1.82) is 0 Å². The molecule has 0 radical (unpaired) electrons. The lowest BCUT2D eigenvalue weighted by atomic mass is 10.0. The molecule has 0 aliphatic rings. The number of benzene rings is 1. The zero-order valence-corrected chi connectivity index (χ0v) is 8.28. The molecule has 0 aromatic heterocycles. The Hall–Kier alpha value is -0.990. The quantitative estimate of drug-likeness (QED) is 0.704. The molecule has 0 fully saturated rings. The number of hydrogen-bond acceptors (Lipinski definition) is 0. The van der Waals surface area contributed by atoms with Gasteiger partial charge in [-0.3, -0.25) is 4.39 Å². The van der Waals surface area contributed by atoms with Gasteiger partial charge in [0.1, 0.15) is 0 Å². The molecule has 0 bridgehead atoms. The Morgan fingerprint density at radius 2 is 1.86 bits per heavy atom. The van der Waals surface area contributed by atoms with Crippen LogP contribution in [-0.4, -0.2) is 6.67 Å². The van der Waals surface area contributed by atoms with E-state index in [0.717, 1.165) is 0 Å². The van der Waals surface area contributed by atoms with Crippen molar-refractivity contribution in [3.63, 3.8) is 0 Å². The molecule has 1 aromatic carbocycles. The molecule has 1 atom stereocenters. The second-order valence-electron chi connectivity index (χ2n) is 3.63. The highest BCUT2D eigenvalue weighted by Crippen LogP contribution is 2.18. The Kier molecular flexibility index (Phi) is 3.55. The zero-order chi connectivity index (χ0) is 10.7. The molecular weight excluding hydrogens is 189 g/mol. The monoisotopic (exact) mass is 202 g/mol. The van der Waals surface area contributed by atoms with Crippen molar-refractivity contribution in [2.24, 2.45) is 5.92 Å². The summed E-state index contributed by atoms with van der Waals surface area (Å²) in [6, 6.07) is 3.03. The summed E-state index contributed by atoms with van der Waals surface area (Å²) in [5, 5.41) is 0. The van der Waals surface area contributed by atoms with Crippen LogP contribution in [0.3, 0.4) is 0 Å². The second kappa shape index (κ2) is 4.49. The van der Waals surface area contributed by atoms with E-state index in [1.165, 1.54) is 19.1 Å². The van der Waals surface area contributed by atoms with Gasteiger partial charge in [-0.25, -0.2) is 8.78 Å². The molecular formula is C11H13F3. The van der Waals surface area contributed by atoms with E-state index in [1.54, 1.807) is 6.92 Å². The maximum atomic E-state index is 13.3. The van der Waals surface area contributed by atoms with Gasteiger partial charge in [-0.05, 0) is 30.4 Å². The van der Waals surface area contributed by atoms with Gasteiger partial charge in [0, 0.05) is 0 Å². The Morgan fingerprint density at radius 1 is 1.21 bits per heavy atom. The fourth-order valence-electron chi connectivity index (χ4n) is 1.27. The lowest BCUT2D eigenvalue weighted by Crippen LogP contribution is -2.05.